The molecule has 5 nitrogen and oxygen atoms in total. The first-order valence-corrected chi connectivity index (χ1v) is 7.05. The lowest BCUT2D eigenvalue weighted by Gasteiger charge is -2.04. The van der Waals surface area contributed by atoms with Gasteiger partial charge in [0.05, 0.1) is 11.3 Å². The van der Waals surface area contributed by atoms with Gasteiger partial charge in [-0.2, -0.15) is 5.10 Å². The number of hydrogen-bond acceptors (Lipinski definition) is 4. The van der Waals surface area contributed by atoms with Gasteiger partial charge in [-0.15, -0.1) is 0 Å². The number of anilines is 1. The second-order valence-corrected chi connectivity index (χ2v) is 5.34. The molecule has 3 N–H and O–H groups in total. The van der Waals surface area contributed by atoms with E-state index in [0.717, 1.165) is 16.8 Å². The highest BCUT2D eigenvalue weighted by molar-refractivity contribution is 5.72. The summed E-state index contributed by atoms with van der Waals surface area (Å²) in [6, 6.07) is 11.9. The predicted octanol–water partition coefficient (Wildman–Crippen LogP) is 2.99. The summed E-state index contributed by atoms with van der Waals surface area (Å²) < 4.78 is 0. The van der Waals surface area contributed by atoms with E-state index in [1.165, 1.54) is 18.5 Å². The molecule has 21 heavy (non-hydrogen) atoms. The summed E-state index contributed by atoms with van der Waals surface area (Å²) in [4.78, 5) is 8.81. The molecule has 2 aromatic heterocycles. The highest BCUT2D eigenvalue weighted by Crippen LogP contribution is 2.40. The maximum absolute atomic E-state index is 6.09. The molecular weight excluding hydrogens is 262 g/mol. The van der Waals surface area contributed by atoms with E-state index < -0.39 is 0 Å². The van der Waals surface area contributed by atoms with Crippen molar-refractivity contribution in [2.24, 2.45) is 0 Å². The molecule has 3 aromatic rings. The summed E-state index contributed by atoms with van der Waals surface area (Å²) in [5.74, 6) is 1.73. The molecule has 1 saturated carbocycles. The number of nitrogen functional groups attached to an aromatic ring is 1. The number of nitrogens with two attached hydrogens (primary N) is 1. The van der Waals surface area contributed by atoms with Crippen LogP contribution in [0.3, 0.4) is 0 Å². The lowest BCUT2D eigenvalue weighted by molar-refractivity contribution is 0.966. The SMILES string of the molecule is Nc1nc(-c2ccccc2)ncc1-c1cc(C2CC2)[nH]n1. The Kier molecular flexibility index (Phi) is 2.70. The molecule has 104 valence electrons. The maximum atomic E-state index is 6.09. The largest absolute Gasteiger partial charge is 0.383 e. The van der Waals surface area contributed by atoms with Crippen LogP contribution >= 0.6 is 0 Å². The van der Waals surface area contributed by atoms with E-state index in [4.69, 9.17) is 5.73 Å². The number of aromatic nitrogens is 4. The van der Waals surface area contributed by atoms with Gasteiger partial charge in [0.1, 0.15) is 5.82 Å². The molecule has 5 heteroatoms. The molecule has 0 bridgehead atoms. The molecule has 1 aromatic carbocycles. The Morgan fingerprint density at radius 2 is 1.95 bits per heavy atom. The highest BCUT2D eigenvalue weighted by Gasteiger charge is 2.26. The molecule has 0 amide bonds. The van der Waals surface area contributed by atoms with Gasteiger partial charge in [0.2, 0.25) is 0 Å². The van der Waals surface area contributed by atoms with E-state index in [-0.39, 0.29) is 0 Å². The van der Waals surface area contributed by atoms with Gasteiger partial charge in [0.15, 0.2) is 5.82 Å². The van der Waals surface area contributed by atoms with E-state index in [1.807, 2.05) is 30.3 Å². The molecule has 1 aliphatic rings. The van der Waals surface area contributed by atoms with E-state index in [1.54, 1.807) is 6.20 Å². The van der Waals surface area contributed by atoms with Crippen LogP contribution in [-0.4, -0.2) is 20.2 Å². The fraction of sp³-hybridized carbons (Fsp3) is 0.188. The number of rotatable bonds is 3. The molecule has 1 aliphatic carbocycles. The molecule has 0 radical (unpaired) electrons. The molecule has 2 heterocycles. The van der Waals surface area contributed by atoms with E-state index in [2.05, 4.69) is 26.2 Å². The zero-order chi connectivity index (χ0) is 14.2. The molecule has 0 saturated heterocycles. The van der Waals surface area contributed by atoms with Crippen LogP contribution in [0.5, 0.6) is 0 Å². The molecular formula is C16H15N5. The summed E-state index contributed by atoms with van der Waals surface area (Å²) in [7, 11) is 0. The fourth-order valence-corrected chi connectivity index (χ4v) is 2.40. The van der Waals surface area contributed by atoms with E-state index >= 15 is 0 Å². The first-order valence-electron chi connectivity index (χ1n) is 7.05. The van der Waals surface area contributed by atoms with Gasteiger partial charge >= 0.3 is 0 Å². The third kappa shape index (κ3) is 2.27. The van der Waals surface area contributed by atoms with Crippen molar-refractivity contribution >= 4 is 5.82 Å². The first-order chi connectivity index (χ1) is 10.3. The normalized spacial score (nSPS) is 14.3. The molecule has 4 rings (SSSR count). The highest BCUT2D eigenvalue weighted by atomic mass is 15.1. The van der Waals surface area contributed by atoms with Crippen LogP contribution in [0.25, 0.3) is 22.6 Å². The zero-order valence-corrected chi connectivity index (χ0v) is 11.5. The van der Waals surface area contributed by atoms with Crippen LogP contribution in [0.1, 0.15) is 24.5 Å². The Morgan fingerprint density at radius 1 is 1.14 bits per heavy atom. The number of H-pyrrole nitrogens is 1. The summed E-state index contributed by atoms with van der Waals surface area (Å²) in [5.41, 5.74) is 9.81. The fourth-order valence-electron chi connectivity index (χ4n) is 2.40. The number of aromatic amines is 1. The topological polar surface area (TPSA) is 80.5 Å². The summed E-state index contributed by atoms with van der Waals surface area (Å²) in [5, 5.41) is 7.40. The van der Waals surface area contributed by atoms with Crippen molar-refractivity contribution in [2.75, 3.05) is 5.73 Å². The van der Waals surface area contributed by atoms with Crippen molar-refractivity contribution in [3.63, 3.8) is 0 Å². The summed E-state index contributed by atoms with van der Waals surface area (Å²) >= 11 is 0. The van der Waals surface area contributed by atoms with Crippen molar-refractivity contribution in [1.82, 2.24) is 20.2 Å². The molecule has 1 fully saturated rings. The number of benzene rings is 1. The van der Waals surface area contributed by atoms with Crippen LogP contribution in [0, 0.1) is 0 Å². The Hall–Kier alpha value is -2.69. The number of nitrogens with zero attached hydrogens (tertiary/aromatic N) is 3. The minimum absolute atomic E-state index is 0.456. The maximum Gasteiger partial charge on any atom is 0.161 e. The van der Waals surface area contributed by atoms with Gasteiger partial charge in [0, 0.05) is 23.4 Å². The lowest BCUT2D eigenvalue weighted by atomic mass is 10.1. The quantitative estimate of drug-likeness (QED) is 0.771. The monoisotopic (exact) mass is 277 g/mol. The van der Waals surface area contributed by atoms with Gasteiger partial charge in [-0.25, -0.2) is 9.97 Å². The minimum atomic E-state index is 0.456. The van der Waals surface area contributed by atoms with Crippen molar-refractivity contribution in [3.05, 3.63) is 48.3 Å². The van der Waals surface area contributed by atoms with Gasteiger partial charge in [-0.05, 0) is 18.9 Å². The predicted molar refractivity (Wildman–Crippen MR) is 81.4 cm³/mol. The Bertz CT molecular complexity index is 774. The molecule has 0 aliphatic heterocycles. The second kappa shape index (κ2) is 4.70. The first kappa shape index (κ1) is 12.1. The number of nitrogens with one attached hydrogen (secondary N) is 1. The van der Waals surface area contributed by atoms with E-state index in [0.29, 0.717) is 17.6 Å². The summed E-state index contributed by atoms with van der Waals surface area (Å²) in [6.07, 6.45) is 4.22. The van der Waals surface area contributed by atoms with Crippen LogP contribution < -0.4 is 5.73 Å². The third-order valence-corrected chi connectivity index (χ3v) is 3.74. The van der Waals surface area contributed by atoms with Crippen molar-refractivity contribution < 1.29 is 0 Å². The lowest BCUT2D eigenvalue weighted by Crippen LogP contribution is -1.98. The van der Waals surface area contributed by atoms with Gasteiger partial charge < -0.3 is 5.73 Å². The summed E-state index contributed by atoms with van der Waals surface area (Å²) in [6.45, 7) is 0. The van der Waals surface area contributed by atoms with Gasteiger partial charge in [-0.1, -0.05) is 30.3 Å². The molecule has 0 unspecified atom stereocenters. The Morgan fingerprint density at radius 3 is 2.67 bits per heavy atom. The van der Waals surface area contributed by atoms with Crippen LogP contribution in [-0.2, 0) is 0 Å². The number of hydrogen-bond donors (Lipinski definition) is 2. The van der Waals surface area contributed by atoms with Gasteiger partial charge in [-0.3, -0.25) is 5.10 Å². The van der Waals surface area contributed by atoms with Crippen molar-refractivity contribution in [2.45, 2.75) is 18.8 Å². The smallest absolute Gasteiger partial charge is 0.161 e. The average molecular weight is 277 g/mol. The second-order valence-electron chi connectivity index (χ2n) is 5.34. The Labute approximate surface area is 122 Å². The molecule has 0 spiro atoms. The van der Waals surface area contributed by atoms with Crippen molar-refractivity contribution in [3.8, 4) is 22.6 Å². The van der Waals surface area contributed by atoms with Crippen LogP contribution in [0.15, 0.2) is 42.6 Å². The van der Waals surface area contributed by atoms with Crippen LogP contribution in [0.2, 0.25) is 0 Å². The standard InChI is InChI=1S/C16H15N5/c17-15-12(14-8-13(20-21-14)10-6-7-10)9-18-16(19-15)11-4-2-1-3-5-11/h1-5,8-10H,6-7H2,(H,20,21)(H2,17,18,19). The minimum Gasteiger partial charge on any atom is -0.383 e. The average Bonchev–Trinajstić information content (AvgIpc) is 3.26. The zero-order valence-electron chi connectivity index (χ0n) is 11.5. The van der Waals surface area contributed by atoms with Crippen LogP contribution in [0.4, 0.5) is 5.82 Å². The van der Waals surface area contributed by atoms with Crippen molar-refractivity contribution in [1.29, 1.82) is 0 Å². The molecule has 0 atom stereocenters. The van der Waals surface area contributed by atoms with Gasteiger partial charge in [0.25, 0.3) is 0 Å². The Balaban J connectivity index is 1.70. The third-order valence-electron chi connectivity index (χ3n) is 3.74. The van der Waals surface area contributed by atoms with E-state index in [9.17, 15) is 0 Å².